The van der Waals surface area contributed by atoms with Gasteiger partial charge in [0, 0.05) is 24.6 Å². The number of hydrogen-bond acceptors (Lipinski definition) is 6. The van der Waals surface area contributed by atoms with Gasteiger partial charge in [0.1, 0.15) is 0 Å². The zero-order valence-electron chi connectivity index (χ0n) is 16.0. The van der Waals surface area contributed by atoms with Crippen molar-refractivity contribution in [3.63, 3.8) is 0 Å². The van der Waals surface area contributed by atoms with Crippen LogP contribution in [0.1, 0.15) is 17.7 Å². The molecule has 0 saturated carbocycles. The van der Waals surface area contributed by atoms with Gasteiger partial charge in [-0.25, -0.2) is 4.98 Å². The highest BCUT2D eigenvalue weighted by molar-refractivity contribution is 7.99. The lowest BCUT2D eigenvalue weighted by atomic mass is 10.2. The summed E-state index contributed by atoms with van der Waals surface area (Å²) in [7, 11) is 0. The number of nitrogens with zero attached hydrogens (tertiary/aromatic N) is 2. The fourth-order valence-electron chi connectivity index (χ4n) is 3.35. The molecule has 6 nitrogen and oxygen atoms in total. The third-order valence-corrected chi connectivity index (χ3v) is 6.78. The second kappa shape index (κ2) is 9.56. The van der Waals surface area contributed by atoms with E-state index in [9.17, 15) is 9.59 Å². The maximum atomic E-state index is 13.0. The van der Waals surface area contributed by atoms with Gasteiger partial charge in [-0.1, -0.05) is 30.0 Å². The second-order valence-electron chi connectivity index (χ2n) is 6.93. The average molecular weight is 430 g/mol. The van der Waals surface area contributed by atoms with E-state index in [2.05, 4.69) is 16.4 Å². The van der Waals surface area contributed by atoms with Crippen LogP contribution in [-0.4, -0.2) is 40.5 Å². The third kappa shape index (κ3) is 5.07. The van der Waals surface area contributed by atoms with Gasteiger partial charge in [0.15, 0.2) is 5.16 Å². The highest BCUT2D eigenvalue weighted by Crippen LogP contribution is 2.19. The predicted octanol–water partition coefficient (Wildman–Crippen LogP) is 3.09. The minimum absolute atomic E-state index is 0.0607. The summed E-state index contributed by atoms with van der Waals surface area (Å²) >= 11 is 2.98. The van der Waals surface area contributed by atoms with Gasteiger partial charge in [-0.2, -0.15) is 0 Å². The summed E-state index contributed by atoms with van der Waals surface area (Å²) in [6.45, 7) is 1.85. The van der Waals surface area contributed by atoms with Crippen molar-refractivity contribution < 1.29 is 9.53 Å². The number of ether oxygens (including phenoxy) is 1. The number of aryl methyl sites for hydroxylation is 1. The fourth-order valence-corrected chi connectivity index (χ4v) is 4.90. The number of benzene rings is 1. The van der Waals surface area contributed by atoms with Crippen LogP contribution in [0.15, 0.2) is 51.7 Å². The van der Waals surface area contributed by atoms with E-state index in [1.54, 1.807) is 22.0 Å². The molecule has 1 N–H and O–H groups in total. The van der Waals surface area contributed by atoms with Crippen molar-refractivity contribution in [1.29, 1.82) is 0 Å². The Hall–Kier alpha value is -2.16. The molecule has 3 heterocycles. The number of thioether (sulfide) groups is 1. The summed E-state index contributed by atoms with van der Waals surface area (Å²) < 4.78 is 7.23. The van der Waals surface area contributed by atoms with Gasteiger partial charge in [0.05, 0.1) is 22.8 Å². The van der Waals surface area contributed by atoms with E-state index in [-0.39, 0.29) is 23.3 Å². The van der Waals surface area contributed by atoms with E-state index in [1.807, 2.05) is 29.6 Å². The molecule has 0 radical (unpaired) electrons. The first-order valence-electron chi connectivity index (χ1n) is 9.74. The van der Waals surface area contributed by atoms with Gasteiger partial charge in [0.2, 0.25) is 5.91 Å². The number of carbonyl (C=O) groups is 1. The normalized spacial score (nSPS) is 16.3. The Bertz CT molecular complexity index is 1030. The zero-order valence-corrected chi connectivity index (χ0v) is 17.6. The maximum Gasteiger partial charge on any atom is 0.262 e. The van der Waals surface area contributed by atoms with E-state index >= 15 is 0 Å². The first-order chi connectivity index (χ1) is 14.2. The van der Waals surface area contributed by atoms with Gasteiger partial charge >= 0.3 is 0 Å². The molecule has 1 fully saturated rings. The molecule has 1 aliphatic heterocycles. The van der Waals surface area contributed by atoms with E-state index in [4.69, 9.17) is 4.74 Å². The zero-order chi connectivity index (χ0) is 20.1. The molecule has 1 saturated heterocycles. The number of nitrogens with one attached hydrogen (secondary N) is 1. The van der Waals surface area contributed by atoms with Gasteiger partial charge in [-0.15, -0.1) is 11.3 Å². The van der Waals surface area contributed by atoms with E-state index in [1.165, 1.54) is 16.6 Å². The molecule has 1 aliphatic rings. The first kappa shape index (κ1) is 20.1. The molecular formula is C21H23N3O3S2. The van der Waals surface area contributed by atoms with Gasteiger partial charge < -0.3 is 10.1 Å². The Morgan fingerprint density at radius 1 is 1.31 bits per heavy atom. The lowest BCUT2D eigenvalue weighted by molar-refractivity contribution is -0.119. The molecule has 0 aliphatic carbocycles. The van der Waals surface area contributed by atoms with Crippen LogP contribution < -0.4 is 10.9 Å². The van der Waals surface area contributed by atoms with E-state index in [0.717, 1.165) is 25.9 Å². The van der Waals surface area contributed by atoms with Crippen molar-refractivity contribution in [2.45, 2.75) is 37.1 Å². The number of para-hydroxylation sites is 1. The van der Waals surface area contributed by atoms with Crippen LogP contribution in [0.5, 0.6) is 0 Å². The molecule has 1 atom stereocenters. The molecule has 3 aromatic rings. The maximum absolute atomic E-state index is 13.0. The Morgan fingerprint density at radius 2 is 2.21 bits per heavy atom. The highest BCUT2D eigenvalue weighted by Gasteiger charge is 2.17. The Morgan fingerprint density at radius 3 is 3.00 bits per heavy atom. The lowest BCUT2D eigenvalue weighted by Crippen LogP contribution is -2.33. The molecule has 0 spiro atoms. The van der Waals surface area contributed by atoms with Crippen LogP contribution in [0.4, 0.5) is 0 Å². The minimum Gasteiger partial charge on any atom is -0.376 e. The van der Waals surface area contributed by atoms with Crippen molar-refractivity contribution in [3.05, 3.63) is 57.0 Å². The minimum atomic E-state index is -0.0716. The smallest absolute Gasteiger partial charge is 0.262 e. The van der Waals surface area contributed by atoms with Crippen LogP contribution in [-0.2, 0) is 22.5 Å². The van der Waals surface area contributed by atoms with Gasteiger partial charge in [-0.05, 0) is 42.8 Å². The van der Waals surface area contributed by atoms with Crippen LogP contribution in [0, 0.1) is 0 Å². The fraction of sp³-hybridized carbons (Fsp3) is 0.381. The molecule has 2 aromatic heterocycles. The summed E-state index contributed by atoms with van der Waals surface area (Å²) in [6, 6.07) is 11.4. The molecule has 29 heavy (non-hydrogen) atoms. The molecule has 1 aromatic carbocycles. The van der Waals surface area contributed by atoms with Crippen LogP contribution in [0.25, 0.3) is 10.9 Å². The standard InChI is InChI=1S/C21H23N3O3S2/c25-19(22-13-15-5-3-11-27-15)14-29-21-23-18-8-2-1-7-17(18)20(26)24(21)10-9-16-6-4-12-28-16/h1-2,4,6-8,12,15H,3,5,9-11,13-14H2,(H,22,25). The van der Waals surface area contributed by atoms with E-state index < -0.39 is 0 Å². The molecule has 4 rings (SSSR count). The number of fused-ring (bicyclic) bond motifs is 1. The topological polar surface area (TPSA) is 73.2 Å². The Labute approximate surface area is 177 Å². The van der Waals surface area contributed by atoms with Crippen LogP contribution >= 0.6 is 23.1 Å². The van der Waals surface area contributed by atoms with Gasteiger partial charge in [-0.3, -0.25) is 14.2 Å². The van der Waals surface area contributed by atoms with Crippen molar-refractivity contribution in [2.24, 2.45) is 0 Å². The van der Waals surface area contributed by atoms with Crippen molar-refractivity contribution in [3.8, 4) is 0 Å². The molecule has 0 bridgehead atoms. The average Bonchev–Trinajstić information content (AvgIpc) is 3.44. The molecule has 152 valence electrons. The third-order valence-electron chi connectivity index (χ3n) is 4.87. The lowest BCUT2D eigenvalue weighted by Gasteiger charge is -2.13. The number of thiophene rings is 1. The van der Waals surface area contributed by atoms with Crippen LogP contribution in [0.3, 0.4) is 0 Å². The SMILES string of the molecule is O=C(CSc1nc2ccccc2c(=O)n1CCc1cccs1)NCC1CCCO1. The number of carbonyl (C=O) groups excluding carboxylic acids is 1. The summed E-state index contributed by atoms with van der Waals surface area (Å²) in [5, 5.41) is 6.14. The van der Waals surface area contributed by atoms with Crippen molar-refractivity contribution >= 4 is 39.9 Å². The predicted molar refractivity (Wildman–Crippen MR) is 117 cm³/mol. The van der Waals surface area contributed by atoms with Crippen LogP contribution in [0.2, 0.25) is 0 Å². The summed E-state index contributed by atoms with van der Waals surface area (Å²) in [6.07, 6.45) is 2.91. The van der Waals surface area contributed by atoms with Crippen molar-refractivity contribution in [2.75, 3.05) is 18.9 Å². The molecular weight excluding hydrogens is 406 g/mol. The highest BCUT2D eigenvalue weighted by atomic mass is 32.2. The summed E-state index contributed by atoms with van der Waals surface area (Å²) in [4.78, 5) is 31.2. The first-order valence-corrected chi connectivity index (χ1v) is 11.6. The number of hydrogen-bond donors (Lipinski definition) is 1. The largest absolute Gasteiger partial charge is 0.376 e. The summed E-state index contributed by atoms with van der Waals surface area (Å²) in [5.74, 6) is 0.147. The summed E-state index contributed by atoms with van der Waals surface area (Å²) in [5.41, 5.74) is 0.599. The second-order valence-corrected chi connectivity index (χ2v) is 8.90. The van der Waals surface area contributed by atoms with Gasteiger partial charge in [0.25, 0.3) is 5.56 Å². The Balaban J connectivity index is 1.49. The molecule has 8 heteroatoms. The van der Waals surface area contributed by atoms with E-state index in [0.29, 0.717) is 29.1 Å². The molecule has 1 unspecified atom stereocenters. The monoisotopic (exact) mass is 429 g/mol. The number of amides is 1. The number of rotatable bonds is 8. The molecule has 1 amide bonds. The van der Waals surface area contributed by atoms with Crippen molar-refractivity contribution in [1.82, 2.24) is 14.9 Å². The quantitative estimate of drug-likeness (QED) is 0.440. The Kier molecular flexibility index (Phi) is 6.63. The number of aromatic nitrogens is 2.